The Labute approximate surface area is 100.0 Å². The Kier molecular flexibility index (Phi) is 4.22. The van der Waals surface area contributed by atoms with Gasteiger partial charge in [0, 0.05) is 18.6 Å². The van der Waals surface area contributed by atoms with Crippen molar-refractivity contribution in [2.75, 3.05) is 39.8 Å². The van der Waals surface area contributed by atoms with Gasteiger partial charge >= 0.3 is 0 Å². The predicted molar refractivity (Wildman–Crippen MR) is 68.6 cm³/mol. The van der Waals surface area contributed by atoms with Crippen molar-refractivity contribution < 1.29 is 0 Å². The van der Waals surface area contributed by atoms with Crippen LogP contribution in [-0.2, 0) is 0 Å². The highest BCUT2D eigenvalue weighted by Crippen LogP contribution is 2.30. The van der Waals surface area contributed by atoms with Gasteiger partial charge in [0.1, 0.15) is 0 Å². The summed E-state index contributed by atoms with van der Waals surface area (Å²) >= 11 is 0. The van der Waals surface area contributed by atoms with Crippen LogP contribution >= 0.6 is 0 Å². The summed E-state index contributed by atoms with van der Waals surface area (Å²) in [5.74, 6) is 0. The van der Waals surface area contributed by atoms with Gasteiger partial charge in [0.15, 0.2) is 0 Å². The van der Waals surface area contributed by atoms with Gasteiger partial charge in [0.05, 0.1) is 0 Å². The van der Waals surface area contributed by atoms with E-state index in [1.54, 1.807) is 0 Å². The Morgan fingerprint density at radius 2 is 1.75 bits per heavy atom. The summed E-state index contributed by atoms with van der Waals surface area (Å²) < 4.78 is 0. The quantitative estimate of drug-likeness (QED) is 0.785. The van der Waals surface area contributed by atoms with Gasteiger partial charge in [-0.1, -0.05) is 12.8 Å². The largest absolute Gasteiger partial charge is 0.325 e. The number of nitrogens with zero attached hydrogens (tertiary/aromatic N) is 2. The van der Waals surface area contributed by atoms with E-state index in [0.717, 1.165) is 0 Å². The van der Waals surface area contributed by atoms with Crippen LogP contribution in [0.3, 0.4) is 0 Å². The Morgan fingerprint density at radius 3 is 2.50 bits per heavy atom. The van der Waals surface area contributed by atoms with Gasteiger partial charge < -0.3 is 15.5 Å². The lowest BCUT2D eigenvalue weighted by Gasteiger charge is -2.28. The molecule has 2 fully saturated rings. The highest BCUT2D eigenvalue weighted by atomic mass is 15.2. The molecule has 0 spiro atoms. The Bertz CT molecular complexity index is 211. The van der Waals surface area contributed by atoms with Crippen LogP contribution in [0.2, 0.25) is 0 Å². The topological polar surface area (TPSA) is 32.5 Å². The van der Waals surface area contributed by atoms with Gasteiger partial charge in [-0.2, -0.15) is 0 Å². The molecule has 3 heteroatoms. The molecule has 1 aliphatic carbocycles. The normalized spacial score (nSPS) is 28.1. The summed E-state index contributed by atoms with van der Waals surface area (Å²) in [7, 11) is 2.23. The Balaban J connectivity index is 1.72. The lowest BCUT2D eigenvalue weighted by atomic mass is 9.94. The number of nitrogens with two attached hydrogens (primary N) is 1. The second kappa shape index (κ2) is 5.48. The van der Waals surface area contributed by atoms with Gasteiger partial charge in [-0.15, -0.1) is 0 Å². The van der Waals surface area contributed by atoms with E-state index in [-0.39, 0.29) is 5.54 Å². The second-order valence-corrected chi connectivity index (χ2v) is 5.82. The first kappa shape index (κ1) is 12.3. The first-order valence-electron chi connectivity index (χ1n) is 6.88. The third-order valence-electron chi connectivity index (χ3n) is 4.34. The van der Waals surface area contributed by atoms with Crippen LogP contribution < -0.4 is 5.73 Å². The molecule has 0 atom stereocenters. The van der Waals surface area contributed by atoms with Gasteiger partial charge in [0.25, 0.3) is 0 Å². The third kappa shape index (κ3) is 3.44. The molecule has 94 valence electrons. The van der Waals surface area contributed by atoms with Crippen molar-refractivity contribution >= 4 is 0 Å². The number of hydrogen-bond acceptors (Lipinski definition) is 3. The standard InChI is InChI=1S/C13H27N3/c1-15-8-4-9-16(12-11-15)10-7-13(14)5-2-3-6-13/h2-12,14H2,1H3. The summed E-state index contributed by atoms with van der Waals surface area (Å²) in [6.45, 7) is 6.18. The smallest absolute Gasteiger partial charge is 0.0166 e. The van der Waals surface area contributed by atoms with E-state index in [4.69, 9.17) is 5.73 Å². The molecule has 0 aromatic heterocycles. The van der Waals surface area contributed by atoms with Crippen molar-refractivity contribution in [1.82, 2.24) is 9.80 Å². The maximum absolute atomic E-state index is 6.41. The molecule has 2 aliphatic rings. The van der Waals surface area contributed by atoms with E-state index in [1.807, 2.05) is 0 Å². The van der Waals surface area contributed by atoms with Crippen LogP contribution in [0.25, 0.3) is 0 Å². The highest BCUT2D eigenvalue weighted by molar-refractivity contribution is 4.90. The van der Waals surface area contributed by atoms with E-state index in [1.165, 1.54) is 71.2 Å². The third-order valence-corrected chi connectivity index (χ3v) is 4.34. The second-order valence-electron chi connectivity index (χ2n) is 5.82. The molecule has 0 amide bonds. The van der Waals surface area contributed by atoms with Crippen LogP contribution in [0.4, 0.5) is 0 Å². The summed E-state index contributed by atoms with van der Waals surface area (Å²) in [4.78, 5) is 5.05. The van der Waals surface area contributed by atoms with Gasteiger partial charge in [-0.05, 0) is 52.4 Å². The number of hydrogen-bond donors (Lipinski definition) is 1. The molecule has 2 rings (SSSR count). The fourth-order valence-corrected chi connectivity index (χ4v) is 3.03. The maximum Gasteiger partial charge on any atom is 0.0166 e. The number of likely N-dealkylation sites (N-methyl/N-ethyl adjacent to an activating group) is 1. The molecule has 0 radical (unpaired) electrons. The van der Waals surface area contributed by atoms with Crippen molar-refractivity contribution in [2.45, 2.75) is 44.1 Å². The lowest BCUT2D eigenvalue weighted by Crippen LogP contribution is -2.41. The molecular weight excluding hydrogens is 198 g/mol. The number of rotatable bonds is 3. The molecule has 2 N–H and O–H groups in total. The van der Waals surface area contributed by atoms with Gasteiger partial charge in [-0.25, -0.2) is 0 Å². The molecule has 1 heterocycles. The zero-order valence-electron chi connectivity index (χ0n) is 10.7. The highest BCUT2D eigenvalue weighted by Gasteiger charge is 2.29. The van der Waals surface area contributed by atoms with E-state index in [2.05, 4.69) is 16.8 Å². The molecule has 0 unspecified atom stereocenters. The molecule has 0 bridgehead atoms. The van der Waals surface area contributed by atoms with E-state index >= 15 is 0 Å². The van der Waals surface area contributed by atoms with Crippen LogP contribution in [0.15, 0.2) is 0 Å². The summed E-state index contributed by atoms with van der Waals surface area (Å²) in [6, 6.07) is 0. The summed E-state index contributed by atoms with van der Waals surface area (Å²) in [5, 5.41) is 0. The fraction of sp³-hybridized carbons (Fsp3) is 1.00. The first-order chi connectivity index (χ1) is 7.68. The molecular formula is C13H27N3. The minimum atomic E-state index is 0.179. The van der Waals surface area contributed by atoms with Crippen LogP contribution in [0.1, 0.15) is 38.5 Å². The Morgan fingerprint density at radius 1 is 1.00 bits per heavy atom. The van der Waals surface area contributed by atoms with Crippen molar-refractivity contribution in [3.05, 3.63) is 0 Å². The molecule has 0 aromatic carbocycles. The first-order valence-corrected chi connectivity index (χ1v) is 6.88. The van der Waals surface area contributed by atoms with Gasteiger partial charge in [-0.3, -0.25) is 0 Å². The minimum Gasteiger partial charge on any atom is -0.325 e. The van der Waals surface area contributed by atoms with E-state index in [9.17, 15) is 0 Å². The zero-order chi connectivity index (χ0) is 11.4. The van der Waals surface area contributed by atoms with Crippen LogP contribution in [-0.4, -0.2) is 55.1 Å². The minimum absolute atomic E-state index is 0.179. The Hall–Kier alpha value is -0.120. The zero-order valence-corrected chi connectivity index (χ0v) is 10.7. The van der Waals surface area contributed by atoms with Crippen molar-refractivity contribution in [1.29, 1.82) is 0 Å². The summed E-state index contributed by atoms with van der Waals surface area (Å²) in [5.41, 5.74) is 6.58. The van der Waals surface area contributed by atoms with E-state index in [0.29, 0.717) is 0 Å². The molecule has 1 aliphatic heterocycles. The van der Waals surface area contributed by atoms with Crippen molar-refractivity contribution in [3.63, 3.8) is 0 Å². The van der Waals surface area contributed by atoms with Crippen molar-refractivity contribution in [2.24, 2.45) is 5.73 Å². The molecule has 1 saturated heterocycles. The average Bonchev–Trinajstić information content (AvgIpc) is 2.58. The molecule has 16 heavy (non-hydrogen) atoms. The predicted octanol–water partition coefficient (Wildman–Crippen LogP) is 1.29. The fourth-order valence-electron chi connectivity index (χ4n) is 3.03. The molecule has 1 saturated carbocycles. The lowest BCUT2D eigenvalue weighted by molar-refractivity contribution is 0.243. The van der Waals surface area contributed by atoms with Crippen LogP contribution in [0, 0.1) is 0 Å². The maximum atomic E-state index is 6.41. The van der Waals surface area contributed by atoms with E-state index < -0.39 is 0 Å². The monoisotopic (exact) mass is 225 g/mol. The van der Waals surface area contributed by atoms with Crippen LogP contribution in [0.5, 0.6) is 0 Å². The molecule has 3 nitrogen and oxygen atoms in total. The summed E-state index contributed by atoms with van der Waals surface area (Å²) in [6.07, 6.45) is 7.71. The SMILES string of the molecule is CN1CCCN(CCC2(N)CCCC2)CC1. The van der Waals surface area contributed by atoms with Crippen molar-refractivity contribution in [3.8, 4) is 0 Å². The average molecular weight is 225 g/mol. The molecule has 0 aromatic rings. The van der Waals surface area contributed by atoms with Gasteiger partial charge in [0.2, 0.25) is 0 Å².